The van der Waals surface area contributed by atoms with Gasteiger partial charge in [-0.25, -0.2) is 8.42 Å². The zero-order valence-electron chi connectivity index (χ0n) is 9.22. The Labute approximate surface area is 97.0 Å². The standard InChI is InChI=1S/C11H16N2O2S/c1-11(12,16(14)15)9-4-2-5-10(8-9)13-6-3-7-13/h2,4-5,8,16H,3,6-7,12H2,1H3. The maximum Gasteiger partial charge on any atom is 0.162 e. The van der Waals surface area contributed by atoms with E-state index >= 15 is 0 Å². The molecule has 0 aromatic heterocycles. The molecule has 1 aliphatic rings. The molecule has 1 aromatic rings. The summed E-state index contributed by atoms with van der Waals surface area (Å²) >= 11 is 0. The van der Waals surface area contributed by atoms with Crippen molar-refractivity contribution in [2.75, 3.05) is 18.0 Å². The maximum atomic E-state index is 11.1. The number of hydrogen-bond donors (Lipinski definition) is 2. The van der Waals surface area contributed by atoms with E-state index in [1.165, 1.54) is 13.3 Å². The minimum absolute atomic E-state index is 0.646. The van der Waals surface area contributed by atoms with Crippen molar-refractivity contribution in [3.63, 3.8) is 0 Å². The van der Waals surface area contributed by atoms with Crippen LogP contribution in [-0.4, -0.2) is 21.5 Å². The maximum absolute atomic E-state index is 11.1. The summed E-state index contributed by atoms with van der Waals surface area (Å²) < 4.78 is 22.2. The fourth-order valence-electron chi connectivity index (χ4n) is 1.70. The van der Waals surface area contributed by atoms with Crippen molar-refractivity contribution in [2.24, 2.45) is 5.73 Å². The van der Waals surface area contributed by atoms with E-state index in [9.17, 15) is 8.42 Å². The highest BCUT2D eigenvalue weighted by Gasteiger charge is 2.26. The van der Waals surface area contributed by atoms with Gasteiger partial charge in [-0.3, -0.25) is 0 Å². The summed E-state index contributed by atoms with van der Waals surface area (Å²) in [5, 5.41) is 0. The van der Waals surface area contributed by atoms with Crippen LogP contribution in [0.4, 0.5) is 5.69 Å². The van der Waals surface area contributed by atoms with Gasteiger partial charge in [0.2, 0.25) is 0 Å². The predicted molar refractivity (Wildman–Crippen MR) is 65.1 cm³/mol. The summed E-state index contributed by atoms with van der Waals surface area (Å²) in [4.78, 5) is 0.924. The minimum Gasteiger partial charge on any atom is -0.371 e. The third-order valence-electron chi connectivity index (χ3n) is 3.03. The predicted octanol–water partition coefficient (Wildman–Crippen LogP) is 0.640. The number of nitrogens with two attached hydrogens (primary N) is 1. The van der Waals surface area contributed by atoms with Gasteiger partial charge in [-0.1, -0.05) is 12.1 Å². The van der Waals surface area contributed by atoms with Gasteiger partial charge in [-0.2, -0.15) is 0 Å². The molecule has 0 bridgehead atoms. The van der Waals surface area contributed by atoms with Crippen LogP contribution >= 0.6 is 0 Å². The molecule has 1 fully saturated rings. The van der Waals surface area contributed by atoms with E-state index in [4.69, 9.17) is 5.73 Å². The van der Waals surface area contributed by atoms with Crippen molar-refractivity contribution in [2.45, 2.75) is 18.2 Å². The van der Waals surface area contributed by atoms with Gasteiger partial charge in [0.1, 0.15) is 4.87 Å². The zero-order valence-corrected chi connectivity index (χ0v) is 10.1. The van der Waals surface area contributed by atoms with Crippen molar-refractivity contribution in [1.29, 1.82) is 0 Å². The van der Waals surface area contributed by atoms with Crippen LogP contribution in [0.5, 0.6) is 0 Å². The fraction of sp³-hybridized carbons (Fsp3) is 0.455. The molecular weight excluding hydrogens is 224 g/mol. The van der Waals surface area contributed by atoms with Crippen molar-refractivity contribution in [1.82, 2.24) is 0 Å². The molecule has 1 unspecified atom stereocenters. The summed E-state index contributed by atoms with van der Waals surface area (Å²) in [5.74, 6) is 0. The number of benzene rings is 1. The van der Waals surface area contributed by atoms with Crippen LogP contribution in [0.25, 0.3) is 0 Å². The number of nitrogens with zero attached hydrogens (tertiary/aromatic N) is 1. The molecule has 4 nitrogen and oxygen atoms in total. The Morgan fingerprint density at radius 2 is 2.06 bits per heavy atom. The Kier molecular flexibility index (Phi) is 2.90. The highest BCUT2D eigenvalue weighted by molar-refractivity contribution is 7.73. The Bertz CT molecular complexity index is 457. The summed E-state index contributed by atoms with van der Waals surface area (Å²) in [6.07, 6.45) is 1.19. The molecule has 0 spiro atoms. The average Bonchev–Trinajstić information content (AvgIpc) is 2.15. The van der Waals surface area contributed by atoms with Crippen molar-refractivity contribution in [3.05, 3.63) is 29.8 Å². The van der Waals surface area contributed by atoms with Crippen LogP contribution in [0.3, 0.4) is 0 Å². The van der Waals surface area contributed by atoms with Crippen LogP contribution < -0.4 is 10.6 Å². The zero-order chi connectivity index (χ0) is 11.8. The molecule has 0 aliphatic carbocycles. The summed E-state index contributed by atoms with van der Waals surface area (Å²) in [5.41, 5.74) is 7.49. The van der Waals surface area contributed by atoms with Gasteiger partial charge < -0.3 is 10.6 Å². The second kappa shape index (κ2) is 4.07. The molecule has 2 N–H and O–H groups in total. The monoisotopic (exact) mass is 240 g/mol. The lowest BCUT2D eigenvalue weighted by atomic mass is 10.1. The van der Waals surface area contributed by atoms with E-state index in [0.717, 1.165) is 18.8 Å². The SMILES string of the molecule is CC(N)(c1cccc(N2CCC2)c1)[SH](=O)=O. The Hall–Kier alpha value is -1.07. The van der Waals surface area contributed by atoms with Gasteiger partial charge in [0.15, 0.2) is 10.7 Å². The lowest BCUT2D eigenvalue weighted by molar-refractivity contribution is 0.567. The molecule has 0 amide bonds. The van der Waals surface area contributed by atoms with Crippen LogP contribution in [-0.2, 0) is 15.6 Å². The molecule has 2 rings (SSSR count). The number of anilines is 1. The topological polar surface area (TPSA) is 63.4 Å². The van der Waals surface area contributed by atoms with Crippen LogP contribution in [0, 0.1) is 0 Å². The molecular formula is C11H16N2O2S. The van der Waals surface area contributed by atoms with Crippen LogP contribution in [0.2, 0.25) is 0 Å². The minimum atomic E-state index is -2.68. The molecule has 16 heavy (non-hydrogen) atoms. The Balaban J connectivity index is 2.35. The lowest BCUT2D eigenvalue weighted by Crippen LogP contribution is -2.38. The second-order valence-electron chi connectivity index (χ2n) is 4.30. The Morgan fingerprint density at radius 3 is 2.56 bits per heavy atom. The highest BCUT2D eigenvalue weighted by atomic mass is 32.2. The number of thiol groups is 1. The molecule has 1 aromatic carbocycles. The number of rotatable bonds is 3. The van der Waals surface area contributed by atoms with Gasteiger partial charge in [0.25, 0.3) is 0 Å². The van der Waals surface area contributed by atoms with Gasteiger partial charge in [0, 0.05) is 18.8 Å². The van der Waals surface area contributed by atoms with E-state index < -0.39 is 15.6 Å². The van der Waals surface area contributed by atoms with Crippen molar-refractivity contribution < 1.29 is 8.42 Å². The first-order valence-corrected chi connectivity index (χ1v) is 6.48. The molecule has 1 saturated heterocycles. The van der Waals surface area contributed by atoms with Crippen LogP contribution in [0.1, 0.15) is 18.9 Å². The van der Waals surface area contributed by atoms with Gasteiger partial charge in [-0.15, -0.1) is 0 Å². The molecule has 1 aliphatic heterocycles. The molecule has 88 valence electrons. The average molecular weight is 240 g/mol. The smallest absolute Gasteiger partial charge is 0.162 e. The third kappa shape index (κ3) is 1.92. The fourth-order valence-corrected chi connectivity index (χ4v) is 2.05. The highest BCUT2D eigenvalue weighted by Crippen LogP contribution is 2.26. The van der Waals surface area contributed by atoms with Gasteiger partial charge >= 0.3 is 0 Å². The molecule has 5 heteroatoms. The first-order valence-electron chi connectivity index (χ1n) is 5.30. The quantitative estimate of drug-likeness (QED) is 0.761. The summed E-state index contributed by atoms with van der Waals surface area (Å²) in [6, 6.07) is 7.46. The molecule has 0 radical (unpaired) electrons. The van der Waals surface area contributed by atoms with Crippen molar-refractivity contribution in [3.8, 4) is 0 Å². The summed E-state index contributed by atoms with van der Waals surface area (Å²) in [7, 11) is -2.68. The lowest BCUT2D eigenvalue weighted by Gasteiger charge is -2.34. The largest absolute Gasteiger partial charge is 0.371 e. The van der Waals surface area contributed by atoms with E-state index in [1.807, 2.05) is 18.2 Å². The van der Waals surface area contributed by atoms with Gasteiger partial charge in [0.05, 0.1) is 0 Å². The third-order valence-corrected chi connectivity index (χ3v) is 4.05. The molecule has 1 heterocycles. The number of hydrogen-bond acceptors (Lipinski definition) is 4. The first-order chi connectivity index (χ1) is 7.51. The van der Waals surface area contributed by atoms with Crippen LogP contribution in [0.15, 0.2) is 24.3 Å². The molecule has 0 saturated carbocycles. The second-order valence-corrected chi connectivity index (χ2v) is 5.74. The van der Waals surface area contributed by atoms with E-state index in [0.29, 0.717) is 5.56 Å². The molecule has 1 atom stereocenters. The van der Waals surface area contributed by atoms with E-state index in [-0.39, 0.29) is 0 Å². The van der Waals surface area contributed by atoms with E-state index in [1.54, 1.807) is 6.07 Å². The first kappa shape index (κ1) is 11.4. The van der Waals surface area contributed by atoms with E-state index in [2.05, 4.69) is 4.90 Å². The normalized spacial score (nSPS) is 19.3. The Morgan fingerprint density at radius 1 is 1.38 bits per heavy atom. The van der Waals surface area contributed by atoms with Crippen molar-refractivity contribution >= 4 is 16.4 Å². The summed E-state index contributed by atoms with van der Waals surface area (Å²) in [6.45, 7) is 3.59. The van der Waals surface area contributed by atoms with Gasteiger partial charge in [-0.05, 0) is 31.0 Å².